The van der Waals surface area contributed by atoms with E-state index in [1.54, 1.807) is 6.07 Å². The number of amides is 1. The lowest BCUT2D eigenvalue weighted by Gasteiger charge is -2.08. The first kappa shape index (κ1) is 13.3. The average Bonchev–Trinajstić information content (AvgIpc) is 3.28. The molecular formula is C17H14ClN3O. The second kappa shape index (κ2) is 5.14. The van der Waals surface area contributed by atoms with Crippen LogP contribution in [0.3, 0.4) is 0 Å². The number of nitrogens with zero attached hydrogens (tertiary/aromatic N) is 1. The van der Waals surface area contributed by atoms with Gasteiger partial charge in [0.15, 0.2) is 0 Å². The van der Waals surface area contributed by atoms with Gasteiger partial charge in [0.05, 0.1) is 21.7 Å². The minimum Gasteiger partial charge on any atom is -0.338 e. The minimum atomic E-state index is 0.0451. The standard InChI is InChI=1S/C17H14ClN3O/c18-12-8-7-11(9-15(12)21-17(22)10-5-6-10)16-19-13-3-1-2-4-14(13)20-16/h1-4,7-10H,5-6H2,(H,19,20)(H,21,22). The van der Waals surface area contributed by atoms with Crippen molar-refractivity contribution in [2.45, 2.75) is 12.8 Å². The zero-order valence-corrected chi connectivity index (χ0v) is 12.5. The van der Waals surface area contributed by atoms with Crippen molar-refractivity contribution in [2.75, 3.05) is 5.32 Å². The van der Waals surface area contributed by atoms with E-state index in [-0.39, 0.29) is 11.8 Å². The maximum atomic E-state index is 11.9. The summed E-state index contributed by atoms with van der Waals surface area (Å²) in [6.45, 7) is 0. The number of benzene rings is 2. The van der Waals surface area contributed by atoms with E-state index in [1.165, 1.54) is 0 Å². The Labute approximate surface area is 132 Å². The van der Waals surface area contributed by atoms with E-state index in [4.69, 9.17) is 11.6 Å². The van der Waals surface area contributed by atoms with Crippen LogP contribution in [-0.2, 0) is 4.79 Å². The number of carbonyl (C=O) groups is 1. The Hall–Kier alpha value is -2.33. The number of para-hydroxylation sites is 2. The molecule has 4 rings (SSSR count). The van der Waals surface area contributed by atoms with Crippen molar-refractivity contribution in [3.05, 3.63) is 47.5 Å². The molecule has 0 unspecified atom stereocenters. The lowest BCUT2D eigenvalue weighted by atomic mass is 10.2. The number of carbonyl (C=O) groups excluding carboxylic acids is 1. The molecule has 0 radical (unpaired) electrons. The van der Waals surface area contributed by atoms with Crippen LogP contribution >= 0.6 is 11.6 Å². The Morgan fingerprint density at radius 1 is 1.23 bits per heavy atom. The Balaban J connectivity index is 1.70. The number of hydrogen-bond acceptors (Lipinski definition) is 2. The van der Waals surface area contributed by atoms with Gasteiger partial charge >= 0.3 is 0 Å². The maximum absolute atomic E-state index is 11.9. The average molecular weight is 312 g/mol. The van der Waals surface area contributed by atoms with Crippen molar-refractivity contribution in [1.29, 1.82) is 0 Å². The van der Waals surface area contributed by atoms with Gasteiger partial charge in [-0.3, -0.25) is 4.79 Å². The minimum absolute atomic E-state index is 0.0451. The van der Waals surface area contributed by atoms with E-state index in [2.05, 4.69) is 15.3 Å². The van der Waals surface area contributed by atoms with Crippen molar-refractivity contribution < 1.29 is 4.79 Å². The number of aromatic nitrogens is 2. The van der Waals surface area contributed by atoms with Crippen molar-refractivity contribution in [3.8, 4) is 11.4 Å². The number of rotatable bonds is 3. The van der Waals surface area contributed by atoms with E-state index in [9.17, 15) is 4.79 Å². The first-order valence-corrected chi connectivity index (χ1v) is 7.64. The number of aromatic amines is 1. The van der Waals surface area contributed by atoms with Crippen LogP contribution in [-0.4, -0.2) is 15.9 Å². The quantitative estimate of drug-likeness (QED) is 0.760. The molecule has 1 fully saturated rings. The molecule has 22 heavy (non-hydrogen) atoms. The molecule has 1 aliphatic carbocycles. The summed E-state index contributed by atoms with van der Waals surface area (Å²) < 4.78 is 0. The largest absolute Gasteiger partial charge is 0.338 e. The van der Waals surface area contributed by atoms with Crippen molar-refractivity contribution >= 4 is 34.2 Å². The van der Waals surface area contributed by atoms with Crippen molar-refractivity contribution in [3.63, 3.8) is 0 Å². The van der Waals surface area contributed by atoms with Gasteiger partial charge in [0.2, 0.25) is 5.91 Å². The van der Waals surface area contributed by atoms with E-state index >= 15 is 0 Å². The number of fused-ring (bicyclic) bond motifs is 1. The third-order valence-corrected chi connectivity index (χ3v) is 4.16. The first-order chi connectivity index (χ1) is 10.7. The topological polar surface area (TPSA) is 57.8 Å². The lowest BCUT2D eigenvalue weighted by Crippen LogP contribution is -2.13. The number of nitrogens with one attached hydrogen (secondary N) is 2. The molecule has 2 aromatic carbocycles. The van der Waals surface area contributed by atoms with E-state index < -0.39 is 0 Å². The molecule has 0 saturated heterocycles. The van der Waals surface area contributed by atoms with Gasteiger partial charge in [0, 0.05) is 11.5 Å². The summed E-state index contributed by atoms with van der Waals surface area (Å²) in [6.07, 6.45) is 1.93. The Bertz CT molecular complexity index is 834. The molecule has 2 N–H and O–H groups in total. The Kier molecular flexibility index (Phi) is 3.12. The Morgan fingerprint density at radius 2 is 2.05 bits per heavy atom. The molecule has 1 aromatic heterocycles. The molecule has 4 nitrogen and oxygen atoms in total. The number of halogens is 1. The van der Waals surface area contributed by atoms with Gasteiger partial charge in [0.25, 0.3) is 0 Å². The van der Waals surface area contributed by atoms with Gasteiger partial charge in [-0.1, -0.05) is 23.7 Å². The van der Waals surface area contributed by atoms with Crippen LogP contribution < -0.4 is 5.32 Å². The maximum Gasteiger partial charge on any atom is 0.227 e. The molecule has 0 spiro atoms. The monoisotopic (exact) mass is 311 g/mol. The number of hydrogen-bond donors (Lipinski definition) is 2. The first-order valence-electron chi connectivity index (χ1n) is 7.26. The molecule has 1 amide bonds. The molecule has 110 valence electrons. The van der Waals surface area contributed by atoms with Gasteiger partial charge in [0.1, 0.15) is 5.82 Å². The van der Waals surface area contributed by atoms with Crippen LogP contribution in [0, 0.1) is 5.92 Å². The highest BCUT2D eigenvalue weighted by molar-refractivity contribution is 6.33. The fraction of sp³-hybridized carbons (Fsp3) is 0.176. The third-order valence-electron chi connectivity index (χ3n) is 3.84. The second-order valence-corrected chi connectivity index (χ2v) is 5.97. The van der Waals surface area contributed by atoms with Crippen molar-refractivity contribution in [1.82, 2.24) is 9.97 Å². The van der Waals surface area contributed by atoms with Crippen LogP contribution in [0.4, 0.5) is 5.69 Å². The predicted molar refractivity (Wildman–Crippen MR) is 87.9 cm³/mol. The SMILES string of the molecule is O=C(Nc1cc(-c2nc3ccccc3[nH]2)ccc1Cl)C1CC1. The van der Waals surface area contributed by atoms with Crippen LogP contribution in [0.25, 0.3) is 22.4 Å². The fourth-order valence-corrected chi connectivity index (χ4v) is 2.60. The van der Waals surface area contributed by atoms with Crippen LogP contribution in [0.5, 0.6) is 0 Å². The molecule has 1 heterocycles. The highest BCUT2D eigenvalue weighted by Gasteiger charge is 2.30. The molecule has 0 atom stereocenters. The summed E-state index contributed by atoms with van der Waals surface area (Å²) in [4.78, 5) is 19.8. The normalized spacial score (nSPS) is 14.2. The summed E-state index contributed by atoms with van der Waals surface area (Å²) >= 11 is 6.19. The Morgan fingerprint density at radius 3 is 2.82 bits per heavy atom. The van der Waals surface area contributed by atoms with Crippen LogP contribution in [0.1, 0.15) is 12.8 Å². The van der Waals surface area contributed by atoms with E-state index in [1.807, 2.05) is 36.4 Å². The fourth-order valence-electron chi connectivity index (χ4n) is 2.44. The molecule has 0 aliphatic heterocycles. The number of imidazole rings is 1. The number of H-pyrrole nitrogens is 1. The summed E-state index contributed by atoms with van der Waals surface area (Å²) in [5.74, 6) is 0.953. The number of anilines is 1. The summed E-state index contributed by atoms with van der Waals surface area (Å²) in [7, 11) is 0. The van der Waals surface area contributed by atoms with Gasteiger partial charge in [-0.15, -0.1) is 0 Å². The van der Waals surface area contributed by atoms with Gasteiger partial charge < -0.3 is 10.3 Å². The zero-order valence-electron chi connectivity index (χ0n) is 11.8. The molecule has 3 aromatic rings. The van der Waals surface area contributed by atoms with Gasteiger partial charge in [-0.05, 0) is 43.2 Å². The highest BCUT2D eigenvalue weighted by Crippen LogP contribution is 2.33. The summed E-state index contributed by atoms with van der Waals surface area (Å²) in [5.41, 5.74) is 3.43. The van der Waals surface area contributed by atoms with E-state index in [0.29, 0.717) is 10.7 Å². The highest BCUT2D eigenvalue weighted by atomic mass is 35.5. The molecule has 0 bridgehead atoms. The second-order valence-electron chi connectivity index (χ2n) is 5.56. The van der Waals surface area contributed by atoms with Crippen LogP contribution in [0.15, 0.2) is 42.5 Å². The van der Waals surface area contributed by atoms with Gasteiger partial charge in [-0.2, -0.15) is 0 Å². The molecular weight excluding hydrogens is 298 g/mol. The predicted octanol–water partition coefficient (Wildman–Crippen LogP) is 4.23. The molecule has 1 aliphatic rings. The zero-order chi connectivity index (χ0) is 15.1. The van der Waals surface area contributed by atoms with Crippen LogP contribution in [0.2, 0.25) is 5.02 Å². The summed E-state index contributed by atoms with van der Waals surface area (Å²) in [6, 6.07) is 13.4. The molecule has 5 heteroatoms. The third kappa shape index (κ3) is 2.46. The van der Waals surface area contributed by atoms with E-state index in [0.717, 1.165) is 35.3 Å². The van der Waals surface area contributed by atoms with Gasteiger partial charge in [-0.25, -0.2) is 4.98 Å². The van der Waals surface area contributed by atoms with Crippen molar-refractivity contribution in [2.24, 2.45) is 5.92 Å². The molecule has 1 saturated carbocycles. The lowest BCUT2D eigenvalue weighted by molar-refractivity contribution is -0.117. The smallest absolute Gasteiger partial charge is 0.227 e. The summed E-state index contributed by atoms with van der Waals surface area (Å²) in [5, 5.41) is 3.44.